The molecular formula is C16H18ClNO3. The van der Waals surface area contributed by atoms with Crippen LogP contribution in [0.4, 0.5) is 0 Å². The van der Waals surface area contributed by atoms with Gasteiger partial charge in [0.1, 0.15) is 5.75 Å². The standard InChI is InChI=1S/C16H18ClNO3/c1-10-4-5-13-12(6-10)15(21-9-11(2)8-17)7-14(18-13)16(19)20-3/h4-7,11H,8-9H2,1-3H3. The van der Waals surface area contributed by atoms with E-state index in [4.69, 9.17) is 21.1 Å². The van der Waals surface area contributed by atoms with E-state index >= 15 is 0 Å². The number of halogens is 1. The number of aromatic nitrogens is 1. The molecule has 0 spiro atoms. The molecule has 1 aromatic heterocycles. The first-order chi connectivity index (χ1) is 10.0. The monoisotopic (exact) mass is 307 g/mol. The summed E-state index contributed by atoms with van der Waals surface area (Å²) in [4.78, 5) is 16.0. The molecule has 4 nitrogen and oxygen atoms in total. The number of nitrogens with zero attached hydrogens (tertiary/aromatic N) is 1. The van der Waals surface area contributed by atoms with Gasteiger partial charge >= 0.3 is 5.97 Å². The van der Waals surface area contributed by atoms with Crippen LogP contribution in [0.5, 0.6) is 5.75 Å². The van der Waals surface area contributed by atoms with E-state index in [1.54, 1.807) is 6.07 Å². The first-order valence-electron chi connectivity index (χ1n) is 6.73. The number of carbonyl (C=O) groups excluding carboxylic acids is 1. The number of esters is 1. The lowest BCUT2D eigenvalue weighted by Gasteiger charge is -2.13. The third kappa shape index (κ3) is 3.64. The smallest absolute Gasteiger partial charge is 0.356 e. The van der Waals surface area contributed by atoms with E-state index in [0.29, 0.717) is 23.8 Å². The summed E-state index contributed by atoms with van der Waals surface area (Å²) in [6.07, 6.45) is 0. The second-order valence-corrected chi connectivity index (χ2v) is 5.40. The fraction of sp³-hybridized carbons (Fsp3) is 0.375. The zero-order valence-corrected chi connectivity index (χ0v) is 13.1. The maximum atomic E-state index is 11.7. The number of pyridine rings is 1. The van der Waals surface area contributed by atoms with Crippen molar-refractivity contribution in [2.75, 3.05) is 19.6 Å². The van der Waals surface area contributed by atoms with Crippen molar-refractivity contribution in [2.45, 2.75) is 13.8 Å². The van der Waals surface area contributed by atoms with Gasteiger partial charge in [-0.25, -0.2) is 9.78 Å². The van der Waals surface area contributed by atoms with Gasteiger partial charge in [-0.05, 0) is 19.1 Å². The quantitative estimate of drug-likeness (QED) is 0.626. The predicted molar refractivity (Wildman–Crippen MR) is 83.2 cm³/mol. The molecule has 0 saturated heterocycles. The molecule has 0 aliphatic heterocycles. The molecule has 1 aromatic carbocycles. The van der Waals surface area contributed by atoms with Crippen LogP contribution in [-0.4, -0.2) is 30.5 Å². The van der Waals surface area contributed by atoms with Crippen LogP contribution in [0.2, 0.25) is 0 Å². The van der Waals surface area contributed by atoms with E-state index < -0.39 is 5.97 Å². The van der Waals surface area contributed by atoms with Gasteiger partial charge in [0.15, 0.2) is 5.69 Å². The van der Waals surface area contributed by atoms with E-state index in [1.807, 2.05) is 32.0 Å². The van der Waals surface area contributed by atoms with Crippen molar-refractivity contribution < 1.29 is 14.3 Å². The highest BCUT2D eigenvalue weighted by Gasteiger charge is 2.14. The van der Waals surface area contributed by atoms with Crippen LogP contribution >= 0.6 is 11.6 Å². The molecular weight excluding hydrogens is 290 g/mol. The fourth-order valence-corrected chi connectivity index (χ4v) is 2.00. The van der Waals surface area contributed by atoms with E-state index in [1.165, 1.54) is 7.11 Å². The summed E-state index contributed by atoms with van der Waals surface area (Å²) in [6, 6.07) is 7.43. The van der Waals surface area contributed by atoms with Crippen LogP contribution in [0.15, 0.2) is 24.3 Å². The molecule has 0 fully saturated rings. The molecule has 2 aromatic rings. The number of rotatable bonds is 5. The topological polar surface area (TPSA) is 48.4 Å². The van der Waals surface area contributed by atoms with Gasteiger partial charge in [0.25, 0.3) is 0 Å². The summed E-state index contributed by atoms with van der Waals surface area (Å²) >= 11 is 5.80. The molecule has 1 unspecified atom stereocenters. The first-order valence-corrected chi connectivity index (χ1v) is 7.27. The zero-order chi connectivity index (χ0) is 15.4. The highest BCUT2D eigenvalue weighted by atomic mass is 35.5. The average Bonchev–Trinajstić information content (AvgIpc) is 2.51. The molecule has 0 aliphatic rings. The number of methoxy groups -OCH3 is 1. The number of hydrogen-bond acceptors (Lipinski definition) is 4. The maximum Gasteiger partial charge on any atom is 0.356 e. The van der Waals surface area contributed by atoms with Crippen molar-refractivity contribution in [3.05, 3.63) is 35.5 Å². The first kappa shape index (κ1) is 15.6. The Balaban J connectivity index is 2.47. The number of fused-ring (bicyclic) bond motifs is 1. The highest BCUT2D eigenvalue weighted by Crippen LogP contribution is 2.27. The van der Waals surface area contributed by atoms with Crippen LogP contribution in [0, 0.1) is 12.8 Å². The predicted octanol–water partition coefficient (Wildman–Crippen LogP) is 3.58. The third-order valence-electron chi connectivity index (χ3n) is 3.11. The minimum Gasteiger partial charge on any atom is -0.492 e. The minimum atomic E-state index is -0.479. The highest BCUT2D eigenvalue weighted by molar-refractivity contribution is 6.18. The van der Waals surface area contributed by atoms with Crippen molar-refractivity contribution in [1.29, 1.82) is 0 Å². The fourth-order valence-electron chi connectivity index (χ4n) is 1.91. The van der Waals surface area contributed by atoms with Gasteiger partial charge in [-0.1, -0.05) is 18.6 Å². The average molecular weight is 308 g/mol. The van der Waals surface area contributed by atoms with E-state index in [2.05, 4.69) is 4.98 Å². The zero-order valence-electron chi connectivity index (χ0n) is 12.4. The van der Waals surface area contributed by atoms with Crippen molar-refractivity contribution in [3.8, 4) is 5.75 Å². The van der Waals surface area contributed by atoms with Crippen molar-refractivity contribution in [3.63, 3.8) is 0 Å². The van der Waals surface area contributed by atoms with Gasteiger partial charge in [-0.2, -0.15) is 0 Å². The summed E-state index contributed by atoms with van der Waals surface area (Å²) in [6.45, 7) is 4.48. The van der Waals surface area contributed by atoms with Gasteiger partial charge < -0.3 is 9.47 Å². The molecule has 1 heterocycles. The van der Waals surface area contributed by atoms with Crippen LogP contribution in [0.25, 0.3) is 10.9 Å². The molecule has 0 radical (unpaired) electrons. The van der Waals surface area contributed by atoms with Crippen molar-refractivity contribution in [2.24, 2.45) is 5.92 Å². The molecule has 2 rings (SSSR count). The Morgan fingerprint density at radius 3 is 2.81 bits per heavy atom. The molecule has 0 aliphatic carbocycles. The lowest BCUT2D eigenvalue weighted by molar-refractivity contribution is 0.0594. The second kappa shape index (κ2) is 6.76. The lowest BCUT2D eigenvalue weighted by Crippen LogP contribution is -2.11. The Labute approximate surface area is 129 Å². The van der Waals surface area contributed by atoms with E-state index in [9.17, 15) is 4.79 Å². The van der Waals surface area contributed by atoms with Crippen LogP contribution in [-0.2, 0) is 4.74 Å². The van der Waals surface area contributed by atoms with Gasteiger partial charge in [0, 0.05) is 23.3 Å². The molecule has 21 heavy (non-hydrogen) atoms. The number of aryl methyl sites for hydroxylation is 1. The van der Waals surface area contributed by atoms with Crippen LogP contribution in [0.3, 0.4) is 0 Å². The van der Waals surface area contributed by atoms with Gasteiger partial charge in [0.2, 0.25) is 0 Å². The van der Waals surface area contributed by atoms with Crippen molar-refractivity contribution >= 4 is 28.5 Å². The Kier molecular flexibility index (Phi) is 5.02. The summed E-state index contributed by atoms with van der Waals surface area (Å²) in [7, 11) is 1.33. The number of carbonyl (C=O) groups is 1. The van der Waals surface area contributed by atoms with Gasteiger partial charge in [0.05, 0.1) is 19.2 Å². The third-order valence-corrected chi connectivity index (χ3v) is 3.63. The van der Waals surface area contributed by atoms with Gasteiger partial charge in [-0.15, -0.1) is 11.6 Å². The summed E-state index contributed by atoms with van der Waals surface area (Å²) < 4.78 is 10.6. The number of benzene rings is 1. The Morgan fingerprint density at radius 2 is 2.14 bits per heavy atom. The molecule has 1 atom stereocenters. The molecule has 5 heteroatoms. The largest absolute Gasteiger partial charge is 0.492 e. The SMILES string of the molecule is COC(=O)c1cc(OCC(C)CCl)c2cc(C)ccc2n1. The molecule has 0 N–H and O–H groups in total. The number of alkyl halides is 1. The molecule has 112 valence electrons. The Hall–Kier alpha value is -1.81. The van der Waals surface area contributed by atoms with Crippen LogP contribution < -0.4 is 4.74 Å². The van der Waals surface area contributed by atoms with Crippen LogP contribution in [0.1, 0.15) is 23.0 Å². The molecule has 0 bridgehead atoms. The normalized spacial score (nSPS) is 12.2. The number of ether oxygens (including phenoxy) is 2. The van der Waals surface area contributed by atoms with Crippen molar-refractivity contribution in [1.82, 2.24) is 4.98 Å². The summed E-state index contributed by atoms with van der Waals surface area (Å²) in [5, 5.41) is 0.879. The van der Waals surface area contributed by atoms with E-state index in [0.717, 1.165) is 10.9 Å². The molecule has 0 saturated carbocycles. The summed E-state index contributed by atoms with van der Waals surface area (Å²) in [5.41, 5.74) is 2.05. The lowest BCUT2D eigenvalue weighted by atomic mass is 10.1. The maximum absolute atomic E-state index is 11.7. The summed E-state index contributed by atoms with van der Waals surface area (Å²) in [5.74, 6) is 0.890. The Morgan fingerprint density at radius 1 is 1.38 bits per heavy atom. The molecule has 0 amide bonds. The Bertz CT molecular complexity index is 657. The minimum absolute atomic E-state index is 0.223. The second-order valence-electron chi connectivity index (χ2n) is 5.09. The van der Waals surface area contributed by atoms with Gasteiger partial charge in [-0.3, -0.25) is 0 Å². The van der Waals surface area contributed by atoms with E-state index in [-0.39, 0.29) is 11.6 Å². The number of hydrogen-bond donors (Lipinski definition) is 0.